The molecule has 0 spiro atoms. The second kappa shape index (κ2) is 6.44. The third-order valence-electron chi connectivity index (χ3n) is 3.44. The molecule has 104 valence electrons. The van der Waals surface area contributed by atoms with Crippen molar-refractivity contribution in [3.63, 3.8) is 0 Å². The second-order valence-electron chi connectivity index (χ2n) is 4.57. The SMILES string of the molecule is CCN1CCCC1CNC(=O)c1cnc(NN)cn1. The van der Waals surface area contributed by atoms with Gasteiger partial charge in [0.1, 0.15) is 5.69 Å². The summed E-state index contributed by atoms with van der Waals surface area (Å²) < 4.78 is 0. The molecule has 0 radical (unpaired) electrons. The first-order valence-corrected chi connectivity index (χ1v) is 6.55. The third-order valence-corrected chi connectivity index (χ3v) is 3.44. The van der Waals surface area contributed by atoms with Gasteiger partial charge in [-0.25, -0.2) is 15.8 Å². The molecule has 1 unspecified atom stereocenters. The number of hydrogen-bond donors (Lipinski definition) is 3. The summed E-state index contributed by atoms with van der Waals surface area (Å²) in [6.45, 7) is 4.94. The van der Waals surface area contributed by atoms with E-state index in [4.69, 9.17) is 5.84 Å². The van der Waals surface area contributed by atoms with Crippen LogP contribution in [0.3, 0.4) is 0 Å². The summed E-state index contributed by atoms with van der Waals surface area (Å²) >= 11 is 0. The lowest BCUT2D eigenvalue weighted by Gasteiger charge is -2.22. The first kappa shape index (κ1) is 13.7. The molecule has 0 bridgehead atoms. The highest BCUT2D eigenvalue weighted by molar-refractivity contribution is 5.92. The number of nitrogens with two attached hydrogens (primary N) is 1. The van der Waals surface area contributed by atoms with Crippen molar-refractivity contribution in [1.29, 1.82) is 0 Å². The lowest BCUT2D eigenvalue weighted by atomic mass is 10.2. The van der Waals surface area contributed by atoms with Crippen LogP contribution >= 0.6 is 0 Å². The Labute approximate surface area is 112 Å². The van der Waals surface area contributed by atoms with E-state index < -0.39 is 0 Å². The van der Waals surface area contributed by atoms with Gasteiger partial charge in [0.05, 0.1) is 12.4 Å². The van der Waals surface area contributed by atoms with E-state index in [2.05, 4.69) is 32.5 Å². The number of anilines is 1. The van der Waals surface area contributed by atoms with E-state index in [-0.39, 0.29) is 5.91 Å². The zero-order valence-corrected chi connectivity index (χ0v) is 11.1. The predicted octanol–water partition coefficient (Wildman–Crippen LogP) is -0.0237. The molecule has 1 aromatic heterocycles. The summed E-state index contributed by atoms with van der Waals surface area (Å²) in [5, 5.41) is 2.91. The number of likely N-dealkylation sites (N-methyl/N-ethyl adjacent to an activating group) is 1. The Balaban J connectivity index is 1.86. The van der Waals surface area contributed by atoms with Crippen LogP contribution in [0.25, 0.3) is 0 Å². The lowest BCUT2D eigenvalue weighted by Crippen LogP contribution is -2.40. The summed E-state index contributed by atoms with van der Waals surface area (Å²) in [5.74, 6) is 5.43. The lowest BCUT2D eigenvalue weighted by molar-refractivity contribution is 0.0936. The summed E-state index contributed by atoms with van der Waals surface area (Å²) in [4.78, 5) is 22.3. The van der Waals surface area contributed by atoms with Crippen molar-refractivity contribution in [2.24, 2.45) is 5.84 Å². The van der Waals surface area contributed by atoms with Gasteiger partial charge in [-0.2, -0.15) is 0 Å². The standard InChI is InChI=1S/C12H20N6O/c1-2-18-5-3-4-9(18)6-16-12(19)10-7-15-11(17-13)8-14-10/h7-9H,2-6,13H2,1H3,(H,15,17)(H,16,19). The largest absolute Gasteiger partial charge is 0.349 e. The van der Waals surface area contributed by atoms with Gasteiger partial charge in [0.2, 0.25) is 0 Å². The van der Waals surface area contributed by atoms with Crippen molar-refractivity contribution in [1.82, 2.24) is 20.2 Å². The highest BCUT2D eigenvalue weighted by atomic mass is 16.1. The molecule has 1 atom stereocenters. The molecule has 1 aliphatic heterocycles. The Bertz CT molecular complexity index is 421. The maximum atomic E-state index is 11.9. The van der Waals surface area contributed by atoms with Crippen molar-refractivity contribution in [2.45, 2.75) is 25.8 Å². The number of aromatic nitrogens is 2. The Morgan fingerprint density at radius 3 is 3.00 bits per heavy atom. The molecule has 0 saturated carbocycles. The molecule has 1 amide bonds. The Hall–Kier alpha value is -1.73. The quantitative estimate of drug-likeness (QED) is 0.511. The van der Waals surface area contributed by atoms with E-state index >= 15 is 0 Å². The number of amides is 1. The molecule has 1 fully saturated rings. The minimum Gasteiger partial charge on any atom is -0.349 e. The Morgan fingerprint density at radius 1 is 1.53 bits per heavy atom. The van der Waals surface area contributed by atoms with E-state index in [0.717, 1.165) is 19.5 Å². The summed E-state index contributed by atoms with van der Waals surface area (Å²) in [6.07, 6.45) is 5.18. The number of carbonyl (C=O) groups is 1. The van der Waals surface area contributed by atoms with Gasteiger partial charge in [0.15, 0.2) is 5.82 Å². The monoisotopic (exact) mass is 264 g/mol. The highest BCUT2D eigenvalue weighted by Gasteiger charge is 2.23. The summed E-state index contributed by atoms with van der Waals surface area (Å²) in [5.41, 5.74) is 2.68. The van der Waals surface area contributed by atoms with Crippen LogP contribution < -0.4 is 16.6 Å². The maximum absolute atomic E-state index is 11.9. The Kier molecular flexibility index (Phi) is 4.64. The zero-order chi connectivity index (χ0) is 13.7. The van der Waals surface area contributed by atoms with Crippen molar-refractivity contribution >= 4 is 11.7 Å². The van der Waals surface area contributed by atoms with Gasteiger partial charge in [-0.3, -0.25) is 9.69 Å². The molecule has 1 aromatic rings. The van der Waals surface area contributed by atoms with Crippen LogP contribution in [0.5, 0.6) is 0 Å². The van der Waals surface area contributed by atoms with Gasteiger partial charge < -0.3 is 10.7 Å². The van der Waals surface area contributed by atoms with Gasteiger partial charge in [-0.15, -0.1) is 0 Å². The molecule has 1 saturated heterocycles. The van der Waals surface area contributed by atoms with Crippen LogP contribution in [0.2, 0.25) is 0 Å². The average molecular weight is 264 g/mol. The first-order valence-electron chi connectivity index (χ1n) is 6.55. The van der Waals surface area contributed by atoms with Gasteiger partial charge in [-0.1, -0.05) is 6.92 Å². The van der Waals surface area contributed by atoms with Crippen LogP contribution in [-0.2, 0) is 0 Å². The molecule has 4 N–H and O–H groups in total. The number of nitrogens with one attached hydrogen (secondary N) is 2. The molecule has 7 heteroatoms. The van der Waals surface area contributed by atoms with Crippen molar-refractivity contribution < 1.29 is 4.79 Å². The average Bonchev–Trinajstić information content (AvgIpc) is 2.92. The molecular formula is C12H20N6O. The van der Waals surface area contributed by atoms with Gasteiger partial charge in [0, 0.05) is 12.6 Å². The molecule has 19 heavy (non-hydrogen) atoms. The second-order valence-corrected chi connectivity index (χ2v) is 4.57. The van der Waals surface area contributed by atoms with E-state index in [1.54, 1.807) is 0 Å². The predicted molar refractivity (Wildman–Crippen MR) is 72.4 cm³/mol. The van der Waals surface area contributed by atoms with Crippen molar-refractivity contribution in [2.75, 3.05) is 25.1 Å². The van der Waals surface area contributed by atoms with Crippen LogP contribution in [0.4, 0.5) is 5.82 Å². The molecule has 0 aliphatic carbocycles. The normalized spacial score (nSPS) is 19.4. The number of hydrazine groups is 1. The van der Waals surface area contributed by atoms with E-state index in [0.29, 0.717) is 24.1 Å². The molecule has 2 heterocycles. The topological polar surface area (TPSA) is 96.2 Å². The molecule has 7 nitrogen and oxygen atoms in total. The van der Waals surface area contributed by atoms with Crippen LogP contribution in [0.1, 0.15) is 30.3 Å². The smallest absolute Gasteiger partial charge is 0.271 e. The van der Waals surface area contributed by atoms with Crippen LogP contribution in [-0.4, -0.2) is 46.5 Å². The summed E-state index contributed by atoms with van der Waals surface area (Å²) in [7, 11) is 0. The van der Waals surface area contributed by atoms with Crippen molar-refractivity contribution in [3.05, 3.63) is 18.1 Å². The van der Waals surface area contributed by atoms with E-state index in [9.17, 15) is 4.79 Å². The fraction of sp³-hybridized carbons (Fsp3) is 0.583. The zero-order valence-electron chi connectivity index (χ0n) is 11.1. The molecular weight excluding hydrogens is 244 g/mol. The number of rotatable bonds is 5. The maximum Gasteiger partial charge on any atom is 0.271 e. The Morgan fingerprint density at radius 2 is 2.37 bits per heavy atom. The number of nitrogen functional groups attached to an aromatic ring is 1. The van der Waals surface area contributed by atoms with E-state index in [1.165, 1.54) is 18.8 Å². The number of carbonyl (C=O) groups excluding carboxylic acids is 1. The van der Waals surface area contributed by atoms with Gasteiger partial charge in [0.25, 0.3) is 5.91 Å². The van der Waals surface area contributed by atoms with Crippen molar-refractivity contribution in [3.8, 4) is 0 Å². The number of likely N-dealkylation sites (tertiary alicyclic amines) is 1. The molecule has 2 rings (SSSR count). The van der Waals surface area contributed by atoms with Crippen LogP contribution in [0.15, 0.2) is 12.4 Å². The fourth-order valence-electron chi connectivity index (χ4n) is 2.36. The number of nitrogens with zero attached hydrogens (tertiary/aromatic N) is 3. The number of hydrogen-bond acceptors (Lipinski definition) is 6. The summed E-state index contributed by atoms with van der Waals surface area (Å²) in [6, 6.07) is 0.437. The fourth-order valence-corrected chi connectivity index (χ4v) is 2.36. The third kappa shape index (κ3) is 3.39. The minimum atomic E-state index is -0.195. The minimum absolute atomic E-state index is 0.195. The van der Waals surface area contributed by atoms with Crippen LogP contribution in [0, 0.1) is 0 Å². The molecule has 1 aliphatic rings. The van der Waals surface area contributed by atoms with Gasteiger partial charge >= 0.3 is 0 Å². The highest BCUT2D eigenvalue weighted by Crippen LogP contribution is 2.15. The first-order chi connectivity index (χ1) is 9.24. The van der Waals surface area contributed by atoms with Gasteiger partial charge in [-0.05, 0) is 25.9 Å². The molecule has 0 aromatic carbocycles. The van der Waals surface area contributed by atoms with E-state index in [1.807, 2.05) is 0 Å².